The van der Waals surface area contributed by atoms with Gasteiger partial charge in [-0.3, -0.25) is 14.4 Å². The average molecular weight is 599 g/mol. The van der Waals surface area contributed by atoms with Gasteiger partial charge in [-0.15, -0.1) is 0 Å². The number of carbonyl (C=O) groups excluding carboxylic acids is 5. The summed E-state index contributed by atoms with van der Waals surface area (Å²) in [5, 5.41) is 0. The lowest BCUT2D eigenvalue weighted by molar-refractivity contribution is -0.272. The number of allylic oxidation sites excluding steroid dienone is 1. The Kier molecular flexibility index (Phi) is 5.62. The van der Waals surface area contributed by atoms with Crippen LogP contribution in [-0.2, 0) is 52.4 Å². The van der Waals surface area contributed by atoms with Crippen LogP contribution < -0.4 is 0 Å². The van der Waals surface area contributed by atoms with Gasteiger partial charge in [0, 0.05) is 24.3 Å². The van der Waals surface area contributed by atoms with E-state index in [1.165, 1.54) is 20.8 Å². The van der Waals surface area contributed by atoms with Crippen molar-refractivity contribution in [1.29, 1.82) is 0 Å². The van der Waals surface area contributed by atoms with E-state index in [9.17, 15) is 24.0 Å². The predicted molar refractivity (Wildman–Crippen MR) is 147 cm³/mol. The highest BCUT2D eigenvalue weighted by atomic mass is 16.7. The fourth-order valence-electron chi connectivity index (χ4n) is 9.62. The largest absolute Gasteiger partial charge is 0.459 e. The summed E-state index contributed by atoms with van der Waals surface area (Å²) in [7, 11) is 0. The summed E-state index contributed by atoms with van der Waals surface area (Å²) >= 11 is 0. The Bertz CT molecular complexity index is 1490. The van der Waals surface area contributed by atoms with Crippen molar-refractivity contribution in [1.82, 2.24) is 0 Å². The van der Waals surface area contributed by atoms with Gasteiger partial charge in [-0.05, 0) is 65.5 Å². The molecule has 6 fully saturated rings. The van der Waals surface area contributed by atoms with Gasteiger partial charge in [0.1, 0.15) is 28.8 Å². The molecule has 11 nitrogen and oxygen atoms in total. The van der Waals surface area contributed by atoms with Crippen molar-refractivity contribution in [2.45, 2.75) is 115 Å². The van der Waals surface area contributed by atoms with Gasteiger partial charge in [-0.2, -0.15) is 0 Å². The Balaban J connectivity index is 1.76. The standard InChI is InChI=1S/C32H38O11/c1-11-15(2)22(35)40-20-14-29(13-12-21(34)41-26(29,7)8)17(4)31-23(39-19(6)33)27(9)16(3)30(28(20,31)10)24(36)38-18(5)32(30,43-31)25(37)42-27/h11,18,20,23H,3-4,12-14H2,1-2,5-10H3/b15-11+/t18-,20+,23-,27+,28-,29+,30+,31+,32+/m1/s1. The second kappa shape index (κ2) is 8.16. The summed E-state index contributed by atoms with van der Waals surface area (Å²) < 4.78 is 37.3. The third kappa shape index (κ3) is 2.72. The SMILES string of the molecule is C=C1[C@@]23C(=O)O[C@H](C)[C@@]24O[C@@]2(C(=C)[C@]5(CCC(=O)OC5(C)C)C[C@H](OC(=O)/C(C)=C/C)[C@]32C)[C@H](OC(C)=O)[C@@]1(C)OC4=O. The minimum atomic E-state index is -2.07. The predicted octanol–water partition coefficient (Wildman–Crippen LogP) is 3.19. The van der Waals surface area contributed by atoms with Crippen molar-refractivity contribution in [3.05, 3.63) is 36.0 Å². The van der Waals surface area contributed by atoms with Crippen LogP contribution in [0.4, 0.5) is 0 Å². The van der Waals surface area contributed by atoms with Gasteiger partial charge in [0.2, 0.25) is 5.60 Å². The van der Waals surface area contributed by atoms with Crippen LogP contribution in [0.15, 0.2) is 36.0 Å². The number of hydrogen-bond acceptors (Lipinski definition) is 11. The molecule has 2 aliphatic carbocycles. The van der Waals surface area contributed by atoms with E-state index in [4.69, 9.17) is 28.4 Å². The summed E-state index contributed by atoms with van der Waals surface area (Å²) in [6, 6.07) is 0. The van der Waals surface area contributed by atoms with Gasteiger partial charge >= 0.3 is 29.8 Å². The Hall–Kier alpha value is -3.47. The van der Waals surface area contributed by atoms with Crippen LogP contribution in [0.1, 0.15) is 74.7 Å². The summed E-state index contributed by atoms with van der Waals surface area (Å²) in [6.45, 7) is 21.6. The minimum absolute atomic E-state index is 0.0240. The van der Waals surface area contributed by atoms with E-state index >= 15 is 0 Å². The number of hydrogen-bond donors (Lipinski definition) is 0. The molecule has 2 saturated carbocycles. The fourth-order valence-corrected chi connectivity index (χ4v) is 9.62. The van der Waals surface area contributed by atoms with Crippen molar-refractivity contribution in [2.24, 2.45) is 16.2 Å². The highest BCUT2D eigenvalue weighted by Crippen LogP contribution is 2.85. The number of fused-ring (bicyclic) bond motifs is 1. The number of esters is 5. The number of carbonyl (C=O) groups is 5. The van der Waals surface area contributed by atoms with Crippen molar-refractivity contribution >= 4 is 29.8 Å². The molecule has 43 heavy (non-hydrogen) atoms. The minimum Gasteiger partial charge on any atom is -0.459 e. The highest BCUT2D eigenvalue weighted by molar-refractivity contribution is 6.03. The van der Waals surface area contributed by atoms with Crippen LogP contribution in [0.3, 0.4) is 0 Å². The molecule has 4 saturated heterocycles. The van der Waals surface area contributed by atoms with E-state index in [0.717, 1.165) is 0 Å². The zero-order chi connectivity index (χ0) is 31.9. The van der Waals surface area contributed by atoms with Gasteiger partial charge in [0.25, 0.3) is 0 Å². The Morgan fingerprint density at radius 3 is 2.19 bits per heavy atom. The highest BCUT2D eigenvalue weighted by Gasteiger charge is 3.01. The molecule has 0 amide bonds. The molecule has 0 aromatic carbocycles. The van der Waals surface area contributed by atoms with Crippen molar-refractivity contribution in [3.63, 3.8) is 0 Å². The second-order valence-electron chi connectivity index (χ2n) is 13.7. The first-order valence-corrected chi connectivity index (χ1v) is 14.6. The Morgan fingerprint density at radius 2 is 1.60 bits per heavy atom. The van der Waals surface area contributed by atoms with Crippen LogP contribution >= 0.6 is 0 Å². The van der Waals surface area contributed by atoms with E-state index in [1.54, 1.807) is 40.7 Å². The van der Waals surface area contributed by atoms with E-state index in [1.807, 2.05) is 0 Å². The summed E-state index contributed by atoms with van der Waals surface area (Å²) in [6.07, 6.45) is -1.81. The molecule has 6 rings (SSSR count). The molecular formula is C32H38O11. The van der Waals surface area contributed by atoms with Crippen molar-refractivity contribution in [3.8, 4) is 0 Å². The summed E-state index contributed by atoms with van der Waals surface area (Å²) in [4.78, 5) is 67.7. The van der Waals surface area contributed by atoms with Crippen LogP contribution in [0, 0.1) is 16.2 Å². The van der Waals surface area contributed by atoms with Gasteiger partial charge in [0.05, 0.1) is 5.41 Å². The smallest absolute Gasteiger partial charge is 0.345 e. The molecule has 0 aromatic heterocycles. The molecule has 0 aromatic rings. The van der Waals surface area contributed by atoms with Crippen LogP contribution in [-0.4, -0.2) is 70.6 Å². The average Bonchev–Trinajstić information content (AvgIpc) is 3.23. The molecule has 4 heterocycles. The lowest BCUT2D eigenvalue weighted by Gasteiger charge is -2.69. The zero-order valence-electron chi connectivity index (χ0n) is 25.8. The first-order valence-electron chi connectivity index (χ1n) is 14.6. The molecule has 9 atom stereocenters. The van der Waals surface area contributed by atoms with E-state index in [-0.39, 0.29) is 24.8 Å². The monoisotopic (exact) mass is 598 g/mol. The molecule has 6 aliphatic rings. The first kappa shape index (κ1) is 29.6. The molecule has 4 aliphatic heterocycles. The maximum absolute atomic E-state index is 14.4. The maximum Gasteiger partial charge on any atom is 0.345 e. The van der Waals surface area contributed by atoms with E-state index in [0.29, 0.717) is 11.1 Å². The van der Waals surface area contributed by atoms with Crippen LogP contribution in [0.5, 0.6) is 0 Å². The molecule has 2 spiro atoms. The molecule has 0 radical (unpaired) electrons. The van der Waals surface area contributed by atoms with Crippen LogP contribution in [0.2, 0.25) is 0 Å². The lowest BCUT2D eigenvalue weighted by Crippen LogP contribution is -2.82. The van der Waals surface area contributed by atoms with Gasteiger partial charge in [-0.25, -0.2) is 9.59 Å². The molecule has 0 unspecified atom stereocenters. The lowest BCUT2D eigenvalue weighted by atomic mass is 9.34. The van der Waals surface area contributed by atoms with E-state index < -0.39 is 86.8 Å². The van der Waals surface area contributed by atoms with Gasteiger partial charge < -0.3 is 28.4 Å². The zero-order valence-corrected chi connectivity index (χ0v) is 25.8. The third-order valence-electron chi connectivity index (χ3n) is 11.9. The van der Waals surface area contributed by atoms with Gasteiger partial charge in [-0.1, -0.05) is 26.2 Å². The first-order chi connectivity index (χ1) is 19.8. The number of cyclic esters (lactones) is 2. The Labute approximate surface area is 249 Å². The molecule has 232 valence electrons. The topological polar surface area (TPSA) is 141 Å². The fraction of sp³-hybridized carbons (Fsp3) is 0.656. The number of ether oxygens (including phenoxy) is 6. The van der Waals surface area contributed by atoms with Crippen LogP contribution in [0.25, 0.3) is 0 Å². The number of rotatable bonds is 3. The van der Waals surface area contributed by atoms with Gasteiger partial charge in [0.15, 0.2) is 11.7 Å². The maximum atomic E-state index is 14.4. The quantitative estimate of drug-likeness (QED) is 0.205. The molecule has 0 N–H and O–H groups in total. The summed E-state index contributed by atoms with van der Waals surface area (Å²) in [5.74, 6) is -3.43. The molecular weight excluding hydrogens is 560 g/mol. The van der Waals surface area contributed by atoms with Crippen molar-refractivity contribution in [2.75, 3.05) is 0 Å². The van der Waals surface area contributed by atoms with E-state index in [2.05, 4.69) is 13.2 Å². The molecule has 11 heteroatoms. The summed E-state index contributed by atoms with van der Waals surface area (Å²) in [5.41, 5.74) is -10.8. The second-order valence-corrected chi connectivity index (χ2v) is 13.7. The molecule has 3 bridgehead atoms. The Morgan fingerprint density at radius 1 is 0.953 bits per heavy atom. The third-order valence-corrected chi connectivity index (χ3v) is 11.9. The normalized spacial score (nSPS) is 47.4. The van der Waals surface area contributed by atoms with Crippen molar-refractivity contribution < 1.29 is 52.4 Å².